The van der Waals surface area contributed by atoms with Gasteiger partial charge >= 0.3 is 12.2 Å². The van der Waals surface area contributed by atoms with Crippen molar-refractivity contribution < 1.29 is 18.0 Å². The van der Waals surface area contributed by atoms with Crippen LogP contribution in [0.3, 0.4) is 0 Å². The topological polar surface area (TPSA) is 41.1 Å². The third-order valence-electron chi connectivity index (χ3n) is 2.94. The van der Waals surface area contributed by atoms with Gasteiger partial charge < -0.3 is 10.6 Å². The van der Waals surface area contributed by atoms with Crippen molar-refractivity contribution in [3.8, 4) is 0 Å². The smallest absolute Gasteiger partial charge is 0.338 e. The van der Waals surface area contributed by atoms with Crippen LogP contribution in [0.2, 0.25) is 0 Å². The van der Waals surface area contributed by atoms with Gasteiger partial charge in [0, 0.05) is 6.54 Å². The van der Waals surface area contributed by atoms with Crippen LogP contribution in [0.5, 0.6) is 0 Å². The normalized spacial score (nSPS) is 19.5. The van der Waals surface area contributed by atoms with Gasteiger partial charge in [0.2, 0.25) is 0 Å². The van der Waals surface area contributed by atoms with Crippen LogP contribution >= 0.6 is 0 Å². The molecule has 2 N–H and O–H groups in total. The molecule has 1 saturated carbocycles. The van der Waals surface area contributed by atoms with Crippen molar-refractivity contribution >= 4 is 6.03 Å². The lowest BCUT2D eigenvalue weighted by Gasteiger charge is -2.23. The zero-order valence-electron chi connectivity index (χ0n) is 9.28. The highest BCUT2D eigenvalue weighted by molar-refractivity contribution is 5.73. The minimum Gasteiger partial charge on any atom is -0.338 e. The highest BCUT2D eigenvalue weighted by Gasteiger charge is 2.30. The summed E-state index contributed by atoms with van der Waals surface area (Å²) >= 11 is 0. The van der Waals surface area contributed by atoms with Crippen LogP contribution in [0.25, 0.3) is 0 Å². The number of alkyl halides is 3. The minimum atomic E-state index is -4.35. The summed E-state index contributed by atoms with van der Waals surface area (Å²) in [5, 5.41) is 4.28. The van der Waals surface area contributed by atoms with Crippen LogP contribution in [0.4, 0.5) is 18.0 Å². The molecule has 2 amide bonds. The van der Waals surface area contributed by atoms with Crippen LogP contribution in [-0.2, 0) is 0 Å². The summed E-state index contributed by atoms with van der Waals surface area (Å²) in [6.45, 7) is 1.20. The molecule has 0 aromatic rings. The molecule has 0 unspecified atom stereocenters. The van der Waals surface area contributed by atoms with E-state index in [1.54, 1.807) is 5.32 Å². The van der Waals surface area contributed by atoms with Gasteiger partial charge in [-0.05, 0) is 18.3 Å². The first-order valence-electron chi connectivity index (χ1n) is 5.39. The average molecular weight is 238 g/mol. The largest absolute Gasteiger partial charge is 0.405 e. The molecular formula is C10H17F3N2O. The van der Waals surface area contributed by atoms with E-state index >= 15 is 0 Å². The number of amides is 2. The number of urea groups is 1. The number of rotatable bonds is 3. The molecule has 0 radical (unpaired) electrons. The maximum absolute atomic E-state index is 11.8. The molecule has 1 fully saturated rings. The van der Waals surface area contributed by atoms with Crippen molar-refractivity contribution in [2.45, 2.75) is 38.8 Å². The maximum atomic E-state index is 11.8. The predicted octanol–water partition coefficient (Wildman–Crippen LogP) is 2.43. The molecule has 6 heteroatoms. The molecule has 1 aliphatic carbocycles. The third kappa shape index (κ3) is 4.72. The minimum absolute atomic E-state index is 0.0512. The fourth-order valence-corrected chi connectivity index (χ4v) is 1.94. The Morgan fingerprint density at radius 1 is 1.25 bits per heavy atom. The molecule has 1 aliphatic rings. The van der Waals surface area contributed by atoms with E-state index in [-0.39, 0.29) is 5.41 Å². The quantitative estimate of drug-likeness (QED) is 0.779. The van der Waals surface area contributed by atoms with Crippen LogP contribution in [0.1, 0.15) is 32.6 Å². The standard InChI is InChI=1S/C10H17F3N2O/c1-9(4-2-3-5-9)6-14-8(16)15-7-10(11,12)13/h2-7H2,1H3,(H2,14,15,16). The van der Waals surface area contributed by atoms with Gasteiger partial charge in [-0.3, -0.25) is 0 Å². The second-order valence-corrected chi connectivity index (χ2v) is 4.67. The van der Waals surface area contributed by atoms with E-state index in [2.05, 4.69) is 5.32 Å². The van der Waals surface area contributed by atoms with Crippen molar-refractivity contribution in [3.63, 3.8) is 0 Å². The highest BCUT2D eigenvalue weighted by atomic mass is 19.4. The van der Waals surface area contributed by atoms with Gasteiger partial charge in [0.15, 0.2) is 0 Å². The number of carbonyl (C=O) groups is 1. The number of hydrogen-bond acceptors (Lipinski definition) is 1. The van der Waals surface area contributed by atoms with Crippen molar-refractivity contribution in [2.75, 3.05) is 13.1 Å². The Hall–Kier alpha value is -0.940. The van der Waals surface area contributed by atoms with Gasteiger partial charge in [0.05, 0.1) is 0 Å². The molecule has 0 aromatic carbocycles. The summed E-state index contributed by atoms with van der Waals surface area (Å²) in [4.78, 5) is 11.1. The Morgan fingerprint density at radius 3 is 2.31 bits per heavy atom. The molecule has 1 rings (SSSR count). The molecule has 16 heavy (non-hydrogen) atoms. The average Bonchev–Trinajstić information content (AvgIpc) is 2.59. The van der Waals surface area contributed by atoms with Crippen molar-refractivity contribution in [2.24, 2.45) is 5.41 Å². The summed E-state index contributed by atoms with van der Waals surface area (Å²) in [5.41, 5.74) is 0.0512. The molecule has 0 aromatic heterocycles. The fourth-order valence-electron chi connectivity index (χ4n) is 1.94. The lowest BCUT2D eigenvalue weighted by molar-refractivity contribution is -0.122. The first-order chi connectivity index (χ1) is 7.31. The Balaban J connectivity index is 2.20. The fraction of sp³-hybridized carbons (Fsp3) is 0.900. The maximum Gasteiger partial charge on any atom is 0.405 e. The van der Waals surface area contributed by atoms with E-state index < -0.39 is 18.8 Å². The number of carbonyl (C=O) groups excluding carboxylic acids is 1. The summed E-state index contributed by atoms with van der Waals surface area (Å²) in [6, 6.07) is -0.745. The van der Waals surface area contributed by atoms with Crippen LogP contribution < -0.4 is 10.6 Å². The molecule has 3 nitrogen and oxygen atoms in total. The number of nitrogens with one attached hydrogen (secondary N) is 2. The monoisotopic (exact) mass is 238 g/mol. The van der Waals surface area contributed by atoms with E-state index in [4.69, 9.17) is 0 Å². The lowest BCUT2D eigenvalue weighted by atomic mass is 9.89. The Morgan fingerprint density at radius 2 is 1.81 bits per heavy atom. The summed E-state index contributed by atoms with van der Waals surface area (Å²) in [7, 11) is 0. The van der Waals surface area contributed by atoms with Crippen LogP contribution in [-0.4, -0.2) is 25.3 Å². The van der Waals surface area contributed by atoms with E-state index in [0.717, 1.165) is 25.7 Å². The van der Waals surface area contributed by atoms with Gasteiger partial charge in [0.25, 0.3) is 0 Å². The summed E-state index contributed by atoms with van der Waals surface area (Å²) < 4.78 is 35.4. The van der Waals surface area contributed by atoms with Gasteiger partial charge in [-0.2, -0.15) is 13.2 Å². The van der Waals surface area contributed by atoms with Crippen LogP contribution in [0, 0.1) is 5.41 Å². The first-order valence-corrected chi connectivity index (χ1v) is 5.39. The van der Waals surface area contributed by atoms with Crippen molar-refractivity contribution in [1.82, 2.24) is 10.6 Å². The van der Waals surface area contributed by atoms with Gasteiger partial charge in [-0.25, -0.2) is 4.79 Å². The zero-order valence-corrected chi connectivity index (χ0v) is 9.28. The van der Waals surface area contributed by atoms with E-state index in [0.29, 0.717) is 6.54 Å². The number of halogens is 3. The molecule has 94 valence electrons. The van der Waals surface area contributed by atoms with Gasteiger partial charge in [0.1, 0.15) is 6.54 Å². The third-order valence-corrected chi connectivity index (χ3v) is 2.94. The molecule has 0 spiro atoms. The van der Waals surface area contributed by atoms with Crippen LogP contribution in [0.15, 0.2) is 0 Å². The van der Waals surface area contributed by atoms with Gasteiger partial charge in [-0.1, -0.05) is 19.8 Å². The lowest BCUT2D eigenvalue weighted by Crippen LogP contribution is -2.44. The SMILES string of the molecule is CC1(CNC(=O)NCC(F)(F)F)CCCC1. The predicted molar refractivity (Wildman–Crippen MR) is 54.0 cm³/mol. The Labute approximate surface area is 92.8 Å². The second-order valence-electron chi connectivity index (χ2n) is 4.67. The van der Waals surface area contributed by atoms with E-state index in [1.807, 2.05) is 6.92 Å². The molecule has 0 heterocycles. The molecule has 0 atom stereocenters. The van der Waals surface area contributed by atoms with Gasteiger partial charge in [-0.15, -0.1) is 0 Å². The molecule has 0 bridgehead atoms. The number of hydrogen-bond donors (Lipinski definition) is 2. The molecular weight excluding hydrogens is 221 g/mol. The highest BCUT2D eigenvalue weighted by Crippen LogP contribution is 2.36. The van der Waals surface area contributed by atoms with Crippen molar-refractivity contribution in [3.05, 3.63) is 0 Å². The Kier molecular flexibility index (Phi) is 4.04. The zero-order chi connectivity index (χ0) is 12.2. The van der Waals surface area contributed by atoms with Crippen molar-refractivity contribution in [1.29, 1.82) is 0 Å². The van der Waals surface area contributed by atoms with E-state index in [1.165, 1.54) is 0 Å². The Bertz CT molecular complexity index is 247. The first kappa shape index (κ1) is 13.1. The second kappa shape index (κ2) is 4.93. The summed E-state index contributed by atoms with van der Waals surface area (Å²) in [6.07, 6.45) is -0.0571. The van der Waals surface area contributed by atoms with E-state index in [9.17, 15) is 18.0 Å². The summed E-state index contributed by atoms with van der Waals surface area (Å²) in [5.74, 6) is 0. The molecule has 0 saturated heterocycles. The molecule has 0 aliphatic heterocycles.